The van der Waals surface area contributed by atoms with E-state index in [1.807, 2.05) is 0 Å². The van der Waals surface area contributed by atoms with Gasteiger partial charge in [-0.25, -0.2) is 0 Å². The molecule has 0 spiro atoms. The molecule has 0 unspecified atom stereocenters. The molecule has 3 N–H and O–H groups in total. The lowest BCUT2D eigenvalue weighted by Crippen LogP contribution is -2.60. The Hall–Kier alpha value is -0.870. The normalized spacial score (nSPS) is 49.5. The number of rotatable bonds is 5. The van der Waals surface area contributed by atoms with Gasteiger partial charge in [0.15, 0.2) is 0 Å². The van der Waals surface area contributed by atoms with E-state index in [2.05, 4.69) is 54.5 Å². The van der Waals surface area contributed by atoms with Crippen molar-refractivity contribution in [3.05, 3.63) is 11.6 Å². The molecule has 200 valence electrons. The minimum atomic E-state index is -0.684. The average molecular weight is 489 g/mol. The van der Waals surface area contributed by atoms with Crippen LogP contribution in [-0.2, 0) is 4.79 Å². The summed E-state index contributed by atoms with van der Waals surface area (Å²) < 4.78 is 0. The quantitative estimate of drug-likeness (QED) is 0.370. The number of aliphatic carboxylic acids is 1. The van der Waals surface area contributed by atoms with E-state index in [0.29, 0.717) is 30.1 Å². The summed E-state index contributed by atoms with van der Waals surface area (Å²) in [5.74, 6) is 1.30. The van der Waals surface area contributed by atoms with Gasteiger partial charge in [-0.05, 0) is 97.2 Å². The molecule has 4 aliphatic rings. The lowest BCUT2D eigenvalue weighted by molar-refractivity contribution is -0.183. The number of aliphatic hydroxyl groups is 2. The highest BCUT2D eigenvalue weighted by Crippen LogP contribution is 2.67. The number of fused-ring (bicyclic) bond motifs is 3. The Morgan fingerprint density at radius 2 is 1.74 bits per heavy atom. The molecular formula is C31H52O4. The summed E-state index contributed by atoms with van der Waals surface area (Å²) in [6, 6.07) is 0. The van der Waals surface area contributed by atoms with E-state index in [9.17, 15) is 20.1 Å². The highest BCUT2D eigenvalue weighted by Gasteiger charge is 2.62. The first-order valence-electron chi connectivity index (χ1n) is 14.5. The van der Waals surface area contributed by atoms with Crippen molar-refractivity contribution in [3.8, 4) is 0 Å². The van der Waals surface area contributed by atoms with Crippen LogP contribution in [0, 0.1) is 51.2 Å². The zero-order valence-electron chi connectivity index (χ0n) is 23.4. The summed E-state index contributed by atoms with van der Waals surface area (Å²) in [5.41, 5.74) is 0.498. The SMILES string of the molecule is CCCC[C@H]1C(C)(C)[C@@H](O)[C@@H](O)C[C@]1(C)[C@H]1CC=C2[C@@H]3[C@@H](C)[C@H](C)CC[C@]3(C(=O)O)CC[C@@]2(C)C1. The average Bonchev–Trinajstić information content (AvgIpc) is 2.79. The maximum atomic E-state index is 12.7. The fourth-order valence-electron chi connectivity index (χ4n) is 9.77. The third-order valence-corrected chi connectivity index (χ3v) is 12.2. The molecule has 0 amide bonds. The second kappa shape index (κ2) is 9.15. The maximum absolute atomic E-state index is 12.7. The zero-order valence-corrected chi connectivity index (χ0v) is 23.4. The van der Waals surface area contributed by atoms with Gasteiger partial charge in [0.1, 0.15) is 0 Å². The van der Waals surface area contributed by atoms with Crippen LogP contribution in [0.1, 0.15) is 113 Å². The Kier molecular flexibility index (Phi) is 7.11. The monoisotopic (exact) mass is 488 g/mol. The highest BCUT2D eigenvalue weighted by molar-refractivity contribution is 5.76. The van der Waals surface area contributed by atoms with Gasteiger partial charge >= 0.3 is 5.97 Å². The predicted molar refractivity (Wildman–Crippen MR) is 141 cm³/mol. The van der Waals surface area contributed by atoms with E-state index in [4.69, 9.17) is 0 Å². The third-order valence-electron chi connectivity index (χ3n) is 12.2. The van der Waals surface area contributed by atoms with E-state index < -0.39 is 23.6 Å². The molecule has 4 aliphatic carbocycles. The van der Waals surface area contributed by atoms with Crippen LogP contribution in [0.15, 0.2) is 11.6 Å². The van der Waals surface area contributed by atoms with Crippen molar-refractivity contribution in [1.29, 1.82) is 0 Å². The van der Waals surface area contributed by atoms with Crippen molar-refractivity contribution in [2.45, 2.75) is 125 Å². The molecule has 0 radical (unpaired) electrons. The summed E-state index contributed by atoms with van der Waals surface area (Å²) in [7, 11) is 0. The number of aliphatic hydroxyl groups excluding tert-OH is 2. The Morgan fingerprint density at radius 3 is 2.37 bits per heavy atom. The van der Waals surface area contributed by atoms with Gasteiger partial charge in [0.25, 0.3) is 0 Å². The smallest absolute Gasteiger partial charge is 0.310 e. The molecule has 0 aromatic rings. The molecule has 0 bridgehead atoms. The first-order valence-corrected chi connectivity index (χ1v) is 14.5. The lowest BCUT2D eigenvalue weighted by Gasteiger charge is -2.62. The van der Waals surface area contributed by atoms with Crippen molar-refractivity contribution >= 4 is 5.97 Å². The number of hydrogen-bond acceptors (Lipinski definition) is 3. The van der Waals surface area contributed by atoms with Crippen LogP contribution in [0.4, 0.5) is 0 Å². The minimum Gasteiger partial charge on any atom is -0.481 e. The molecular weight excluding hydrogens is 436 g/mol. The van der Waals surface area contributed by atoms with Crippen LogP contribution in [0.2, 0.25) is 0 Å². The van der Waals surface area contributed by atoms with Crippen LogP contribution in [0.25, 0.3) is 0 Å². The van der Waals surface area contributed by atoms with Crippen LogP contribution in [0.3, 0.4) is 0 Å². The molecule has 0 aromatic heterocycles. The molecule has 3 saturated carbocycles. The van der Waals surface area contributed by atoms with Crippen molar-refractivity contribution in [2.24, 2.45) is 51.2 Å². The first kappa shape index (κ1) is 27.2. The zero-order chi connectivity index (χ0) is 26.0. The fourth-order valence-corrected chi connectivity index (χ4v) is 9.77. The van der Waals surface area contributed by atoms with Crippen LogP contribution < -0.4 is 0 Å². The van der Waals surface area contributed by atoms with Crippen molar-refractivity contribution in [3.63, 3.8) is 0 Å². The molecule has 0 saturated heterocycles. The number of carboxylic acids is 1. The van der Waals surface area contributed by atoms with Crippen molar-refractivity contribution in [2.75, 3.05) is 0 Å². The molecule has 0 aliphatic heterocycles. The first-order chi connectivity index (χ1) is 16.2. The maximum Gasteiger partial charge on any atom is 0.310 e. The van der Waals surface area contributed by atoms with E-state index in [1.165, 1.54) is 5.57 Å². The number of carboxylic acid groups (broad SMARTS) is 1. The van der Waals surface area contributed by atoms with Crippen molar-refractivity contribution < 1.29 is 20.1 Å². The van der Waals surface area contributed by atoms with Gasteiger partial charge in [0.05, 0.1) is 17.6 Å². The van der Waals surface area contributed by atoms with Gasteiger partial charge in [-0.15, -0.1) is 0 Å². The number of carbonyl (C=O) groups is 1. The standard InChI is InChI=1S/C31H52O4/c1-8-9-10-24-28(4,5)26(33)23(32)18-30(24,7)21-11-12-22-25-20(3)19(2)13-14-31(25,27(34)35)16-15-29(22,6)17-21/h12,19-21,23-26,32-33H,8-11,13-18H2,1-7H3,(H,34,35)/t19-,20+,21+,23+,24+,25+,26+,29+,30-,31+/m1/s1. The molecule has 4 nitrogen and oxygen atoms in total. The van der Waals surface area contributed by atoms with Gasteiger partial charge in [0.2, 0.25) is 0 Å². The van der Waals surface area contributed by atoms with Gasteiger partial charge in [0, 0.05) is 0 Å². The largest absolute Gasteiger partial charge is 0.481 e. The topological polar surface area (TPSA) is 77.8 Å². The van der Waals surface area contributed by atoms with E-state index in [1.54, 1.807) is 0 Å². The van der Waals surface area contributed by atoms with Gasteiger partial charge in [-0.3, -0.25) is 4.79 Å². The summed E-state index contributed by atoms with van der Waals surface area (Å²) in [5, 5.41) is 32.4. The van der Waals surface area contributed by atoms with E-state index in [0.717, 1.165) is 57.8 Å². The highest BCUT2D eigenvalue weighted by atomic mass is 16.4. The number of hydrogen-bond donors (Lipinski definition) is 3. The molecule has 4 rings (SSSR count). The molecule has 10 atom stereocenters. The third kappa shape index (κ3) is 4.04. The Balaban J connectivity index is 1.72. The van der Waals surface area contributed by atoms with Gasteiger partial charge in [-0.1, -0.05) is 73.0 Å². The summed E-state index contributed by atoms with van der Waals surface area (Å²) in [6.45, 7) is 16.0. The Bertz CT molecular complexity index is 847. The second-order valence-electron chi connectivity index (χ2n) is 14.4. The summed E-state index contributed by atoms with van der Waals surface area (Å²) in [6.07, 6.45) is 10.7. The Morgan fingerprint density at radius 1 is 1.06 bits per heavy atom. The van der Waals surface area contributed by atoms with Crippen LogP contribution in [0.5, 0.6) is 0 Å². The van der Waals surface area contributed by atoms with Gasteiger partial charge < -0.3 is 15.3 Å². The molecule has 35 heavy (non-hydrogen) atoms. The molecule has 0 heterocycles. The van der Waals surface area contributed by atoms with E-state index in [-0.39, 0.29) is 22.2 Å². The predicted octanol–water partition coefficient (Wildman–Crippen LogP) is 6.84. The van der Waals surface area contributed by atoms with Gasteiger partial charge in [-0.2, -0.15) is 0 Å². The van der Waals surface area contributed by atoms with Crippen LogP contribution >= 0.6 is 0 Å². The minimum absolute atomic E-state index is 0.0291. The summed E-state index contributed by atoms with van der Waals surface area (Å²) >= 11 is 0. The Labute approximate surface area is 214 Å². The second-order valence-corrected chi connectivity index (χ2v) is 14.4. The molecule has 4 heteroatoms. The molecule has 3 fully saturated rings. The fraction of sp³-hybridized carbons (Fsp3) is 0.903. The van der Waals surface area contributed by atoms with Crippen molar-refractivity contribution in [1.82, 2.24) is 0 Å². The van der Waals surface area contributed by atoms with Crippen LogP contribution in [-0.4, -0.2) is 33.5 Å². The number of allylic oxidation sites excluding steroid dienone is 2. The summed E-state index contributed by atoms with van der Waals surface area (Å²) in [4.78, 5) is 12.7. The lowest BCUT2D eigenvalue weighted by atomic mass is 9.42. The molecule has 0 aromatic carbocycles. The van der Waals surface area contributed by atoms with E-state index >= 15 is 0 Å². The number of unbranched alkanes of at least 4 members (excludes halogenated alkanes) is 1.